The first-order valence-corrected chi connectivity index (χ1v) is 5.53. The summed E-state index contributed by atoms with van der Waals surface area (Å²) in [6, 6.07) is 5.17. The summed E-state index contributed by atoms with van der Waals surface area (Å²) >= 11 is 0. The molecular weight excluding hydrogens is 206 g/mol. The predicted octanol–water partition coefficient (Wildman–Crippen LogP) is 3.08. The van der Waals surface area contributed by atoms with Crippen molar-refractivity contribution >= 4 is 5.69 Å². The highest BCUT2D eigenvalue weighted by Crippen LogP contribution is 2.23. The molecule has 0 amide bonds. The summed E-state index contributed by atoms with van der Waals surface area (Å²) in [5.41, 5.74) is 1.87. The minimum Gasteiger partial charge on any atom is -0.377 e. The Labute approximate surface area is 95.4 Å². The molecule has 16 heavy (non-hydrogen) atoms. The smallest absolute Gasteiger partial charge is 0.275 e. The largest absolute Gasteiger partial charge is 0.377 e. The molecule has 1 aromatic carbocycles. The molecule has 0 aromatic heterocycles. The molecule has 0 aliphatic rings. The Kier molecular flexibility index (Phi) is 4.92. The van der Waals surface area contributed by atoms with Gasteiger partial charge in [0.2, 0.25) is 0 Å². The minimum atomic E-state index is -0.343. The van der Waals surface area contributed by atoms with E-state index in [0.29, 0.717) is 18.8 Å². The number of nitro groups is 1. The van der Waals surface area contributed by atoms with Gasteiger partial charge < -0.3 is 4.74 Å². The lowest BCUT2D eigenvalue weighted by molar-refractivity contribution is -0.386. The van der Waals surface area contributed by atoms with E-state index in [1.54, 1.807) is 6.07 Å². The zero-order valence-electron chi connectivity index (χ0n) is 9.73. The molecule has 0 radical (unpaired) electrons. The van der Waals surface area contributed by atoms with Crippen LogP contribution in [0.3, 0.4) is 0 Å². The van der Waals surface area contributed by atoms with Gasteiger partial charge in [-0.25, -0.2) is 0 Å². The summed E-state index contributed by atoms with van der Waals surface area (Å²) in [6.45, 7) is 4.96. The molecule has 0 spiro atoms. The summed E-state index contributed by atoms with van der Waals surface area (Å²) < 4.78 is 5.40. The van der Waals surface area contributed by atoms with Crippen LogP contribution in [0.5, 0.6) is 0 Å². The first-order chi connectivity index (χ1) is 7.70. The molecule has 0 saturated carbocycles. The maximum atomic E-state index is 10.9. The van der Waals surface area contributed by atoms with Crippen LogP contribution in [0.25, 0.3) is 0 Å². The highest BCUT2D eigenvalue weighted by molar-refractivity contribution is 5.45. The van der Waals surface area contributed by atoms with Crippen molar-refractivity contribution in [2.75, 3.05) is 6.61 Å². The van der Waals surface area contributed by atoms with E-state index in [-0.39, 0.29) is 10.6 Å². The van der Waals surface area contributed by atoms with Crippen LogP contribution in [0.4, 0.5) is 5.69 Å². The second kappa shape index (κ2) is 6.23. The molecule has 1 rings (SSSR count). The minimum absolute atomic E-state index is 0.162. The quantitative estimate of drug-likeness (QED) is 0.423. The monoisotopic (exact) mass is 223 g/mol. The number of ether oxygens (including phenoxy) is 1. The average Bonchev–Trinajstić information content (AvgIpc) is 2.29. The number of nitro benzene ring substituents is 1. The summed E-state index contributed by atoms with van der Waals surface area (Å²) in [6.07, 6.45) is 1.70. The molecule has 88 valence electrons. The molecule has 0 unspecified atom stereocenters. The standard InChI is InChI=1S/C12H17NO3/c1-3-8-16-9-11-10(4-2)6-5-7-12(11)13(14)15/h5-7H,3-4,8-9H2,1-2H3. The highest BCUT2D eigenvalue weighted by Gasteiger charge is 2.16. The van der Waals surface area contributed by atoms with Crippen LogP contribution in [0, 0.1) is 10.1 Å². The van der Waals surface area contributed by atoms with Gasteiger partial charge in [0, 0.05) is 12.7 Å². The Balaban J connectivity index is 2.95. The Bertz CT molecular complexity index is 363. The highest BCUT2D eigenvalue weighted by atomic mass is 16.6. The molecule has 1 aromatic rings. The Morgan fingerprint density at radius 3 is 2.69 bits per heavy atom. The normalized spacial score (nSPS) is 10.4. The second-order valence-electron chi connectivity index (χ2n) is 3.58. The topological polar surface area (TPSA) is 52.4 Å². The van der Waals surface area contributed by atoms with Gasteiger partial charge in [-0.3, -0.25) is 10.1 Å². The summed E-state index contributed by atoms with van der Waals surface area (Å²) in [5, 5.41) is 10.9. The van der Waals surface area contributed by atoms with Crippen molar-refractivity contribution in [2.24, 2.45) is 0 Å². The van der Waals surface area contributed by atoms with Gasteiger partial charge in [0.25, 0.3) is 5.69 Å². The molecule has 0 heterocycles. The van der Waals surface area contributed by atoms with Crippen molar-refractivity contribution < 1.29 is 9.66 Å². The van der Waals surface area contributed by atoms with Gasteiger partial charge in [0.1, 0.15) is 0 Å². The maximum absolute atomic E-state index is 10.9. The van der Waals surface area contributed by atoms with Crippen molar-refractivity contribution in [1.29, 1.82) is 0 Å². The molecule has 0 atom stereocenters. The van der Waals surface area contributed by atoms with E-state index in [4.69, 9.17) is 4.74 Å². The van der Waals surface area contributed by atoms with Gasteiger partial charge in [-0.05, 0) is 18.4 Å². The van der Waals surface area contributed by atoms with E-state index in [9.17, 15) is 10.1 Å². The van der Waals surface area contributed by atoms with E-state index >= 15 is 0 Å². The van der Waals surface area contributed by atoms with Crippen molar-refractivity contribution in [1.82, 2.24) is 0 Å². The van der Waals surface area contributed by atoms with Gasteiger partial charge in [-0.1, -0.05) is 26.0 Å². The summed E-state index contributed by atoms with van der Waals surface area (Å²) in [5.74, 6) is 0. The summed E-state index contributed by atoms with van der Waals surface area (Å²) in [7, 11) is 0. The lowest BCUT2D eigenvalue weighted by Gasteiger charge is -2.08. The van der Waals surface area contributed by atoms with Gasteiger partial charge in [-0.2, -0.15) is 0 Å². The molecule has 4 heteroatoms. The van der Waals surface area contributed by atoms with Gasteiger partial charge >= 0.3 is 0 Å². The number of aryl methyl sites for hydroxylation is 1. The van der Waals surface area contributed by atoms with E-state index in [0.717, 1.165) is 18.4 Å². The molecule has 0 bridgehead atoms. The van der Waals surface area contributed by atoms with E-state index < -0.39 is 0 Å². The average molecular weight is 223 g/mol. The zero-order valence-corrected chi connectivity index (χ0v) is 9.73. The summed E-state index contributed by atoms with van der Waals surface area (Å²) in [4.78, 5) is 10.5. The molecule has 0 fully saturated rings. The number of rotatable bonds is 6. The predicted molar refractivity (Wildman–Crippen MR) is 62.4 cm³/mol. The first-order valence-electron chi connectivity index (χ1n) is 5.53. The van der Waals surface area contributed by atoms with E-state index in [2.05, 4.69) is 0 Å². The first kappa shape index (κ1) is 12.6. The van der Waals surface area contributed by atoms with Crippen molar-refractivity contribution in [3.05, 3.63) is 39.4 Å². The van der Waals surface area contributed by atoms with E-state index in [1.165, 1.54) is 6.07 Å². The molecule has 4 nitrogen and oxygen atoms in total. The third-order valence-corrected chi connectivity index (χ3v) is 2.42. The number of benzene rings is 1. The lowest BCUT2D eigenvalue weighted by Crippen LogP contribution is -2.03. The fourth-order valence-corrected chi connectivity index (χ4v) is 1.61. The number of nitrogens with zero attached hydrogens (tertiary/aromatic N) is 1. The van der Waals surface area contributed by atoms with Crippen LogP contribution >= 0.6 is 0 Å². The molecular formula is C12H17NO3. The van der Waals surface area contributed by atoms with Gasteiger partial charge in [0.05, 0.1) is 17.1 Å². The molecule has 0 aliphatic carbocycles. The SMILES string of the molecule is CCCOCc1c(CC)cccc1[N+](=O)[O-]. The van der Waals surface area contributed by atoms with Crippen LogP contribution in [-0.2, 0) is 17.8 Å². The third-order valence-electron chi connectivity index (χ3n) is 2.42. The maximum Gasteiger partial charge on any atom is 0.275 e. The van der Waals surface area contributed by atoms with Crippen LogP contribution < -0.4 is 0 Å². The second-order valence-corrected chi connectivity index (χ2v) is 3.58. The van der Waals surface area contributed by atoms with Crippen molar-refractivity contribution in [2.45, 2.75) is 33.3 Å². The Hall–Kier alpha value is -1.42. The third kappa shape index (κ3) is 3.03. The van der Waals surface area contributed by atoms with Crippen LogP contribution in [-0.4, -0.2) is 11.5 Å². The van der Waals surface area contributed by atoms with Gasteiger partial charge in [0.15, 0.2) is 0 Å². The molecule has 0 N–H and O–H groups in total. The fraction of sp³-hybridized carbons (Fsp3) is 0.500. The zero-order chi connectivity index (χ0) is 12.0. The molecule has 0 saturated heterocycles. The van der Waals surface area contributed by atoms with Crippen LogP contribution in [0.15, 0.2) is 18.2 Å². The van der Waals surface area contributed by atoms with Crippen LogP contribution in [0.2, 0.25) is 0 Å². The van der Waals surface area contributed by atoms with Crippen molar-refractivity contribution in [3.8, 4) is 0 Å². The van der Waals surface area contributed by atoms with Crippen LogP contribution in [0.1, 0.15) is 31.4 Å². The Morgan fingerprint density at radius 1 is 1.38 bits per heavy atom. The number of hydrogen-bond acceptors (Lipinski definition) is 3. The van der Waals surface area contributed by atoms with E-state index in [1.807, 2.05) is 19.9 Å². The molecule has 0 aliphatic heterocycles. The number of hydrogen-bond donors (Lipinski definition) is 0. The fourth-order valence-electron chi connectivity index (χ4n) is 1.61. The lowest BCUT2D eigenvalue weighted by atomic mass is 10.0. The Morgan fingerprint density at radius 2 is 2.12 bits per heavy atom. The van der Waals surface area contributed by atoms with Gasteiger partial charge in [-0.15, -0.1) is 0 Å². The van der Waals surface area contributed by atoms with Crippen molar-refractivity contribution in [3.63, 3.8) is 0 Å².